The molecule has 2 aromatic rings. The molecule has 0 atom stereocenters. The first-order valence-electron chi connectivity index (χ1n) is 7.21. The van der Waals surface area contributed by atoms with Crippen molar-refractivity contribution < 1.29 is 14.0 Å². The highest BCUT2D eigenvalue weighted by atomic mass is 79.9. The molecular formula is C17H14BrFN2O2. The molecule has 4 nitrogen and oxygen atoms in total. The van der Waals surface area contributed by atoms with Crippen LogP contribution in [0.4, 0.5) is 15.8 Å². The molecular weight excluding hydrogens is 363 g/mol. The van der Waals surface area contributed by atoms with Gasteiger partial charge >= 0.3 is 0 Å². The Labute approximate surface area is 141 Å². The number of halogens is 2. The average molecular weight is 377 g/mol. The van der Waals surface area contributed by atoms with Crippen LogP contribution in [0.15, 0.2) is 46.9 Å². The van der Waals surface area contributed by atoms with Gasteiger partial charge in [0.15, 0.2) is 0 Å². The van der Waals surface area contributed by atoms with Crippen LogP contribution in [0.3, 0.4) is 0 Å². The van der Waals surface area contributed by atoms with Crippen LogP contribution in [0.2, 0.25) is 0 Å². The second kappa shape index (κ2) is 6.50. The Morgan fingerprint density at radius 1 is 1.22 bits per heavy atom. The summed E-state index contributed by atoms with van der Waals surface area (Å²) in [5.74, 6) is -1.05. The van der Waals surface area contributed by atoms with Crippen LogP contribution in [0.25, 0.3) is 0 Å². The van der Waals surface area contributed by atoms with Crippen LogP contribution in [0.1, 0.15) is 23.2 Å². The molecule has 2 aromatic carbocycles. The Balaban J connectivity index is 1.80. The number of benzene rings is 2. The van der Waals surface area contributed by atoms with Gasteiger partial charge in [0, 0.05) is 28.8 Å². The molecule has 0 spiro atoms. The van der Waals surface area contributed by atoms with Crippen molar-refractivity contribution in [3.05, 3.63) is 58.3 Å². The van der Waals surface area contributed by atoms with Gasteiger partial charge in [-0.3, -0.25) is 9.59 Å². The normalized spacial score (nSPS) is 14.2. The van der Waals surface area contributed by atoms with Crippen molar-refractivity contribution in [1.82, 2.24) is 0 Å². The minimum Gasteiger partial charge on any atom is -0.322 e. The summed E-state index contributed by atoms with van der Waals surface area (Å²) in [7, 11) is 0. The molecule has 1 saturated heterocycles. The van der Waals surface area contributed by atoms with Gasteiger partial charge in [-0.05, 0) is 42.8 Å². The summed E-state index contributed by atoms with van der Waals surface area (Å²) in [5, 5.41) is 2.66. The number of hydrogen-bond donors (Lipinski definition) is 1. The summed E-state index contributed by atoms with van der Waals surface area (Å²) in [5.41, 5.74) is 1.23. The zero-order valence-corrected chi connectivity index (χ0v) is 13.8. The third kappa shape index (κ3) is 3.42. The predicted molar refractivity (Wildman–Crippen MR) is 90.1 cm³/mol. The minimum absolute atomic E-state index is 0.0316. The molecule has 1 aliphatic rings. The van der Waals surface area contributed by atoms with Gasteiger partial charge in [-0.1, -0.05) is 22.0 Å². The van der Waals surface area contributed by atoms with Gasteiger partial charge in [0.05, 0.1) is 5.56 Å². The van der Waals surface area contributed by atoms with Gasteiger partial charge in [0.2, 0.25) is 5.91 Å². The molecule has 0 unspecified atom stereocenters. The molecule has 3 rings (SSSR count). The van der Waals surface area contributed by atoms with Crippen LogP contribution in [0.5, 0.6) is 0 Å². The lowest BCUT2D eigenvalue weighted by atomic mass is 10.2. The second-order valence-electron chi connectivity index (χ2n) is 5.28. The number of nitrogens with zero attached hydrogens (tertiary/aromatic N) is 1. The molecule has 1 aliphatic heterocycles. The van der Waals surface area contributed by atoms with Crippen LogP contribution in [-0.4, -0.2) is 18.4 Å². The van der Waals surface area contributed by atoms with Crippen LogP contribution in [0, 0.1) is 5.82 Å². The fourth-order valence-electron chi connectivity index (χ4n) is 2.54. The smallest absolute Gasteiger partial charge is 0.258 e. The maximum Gasteiger partial charge on any atom is 0.258 e. The highest BCUT2D eigenvalue weighted by molar-refractivity contribution is 9.10. The molecule has 0 bridgehead atoms. The number of nitrogens with one attached hydrogen (secondary N) is 1. The van der Waals surface area contributed by atoms with E-state index in [1.54, 1.807) is 29.2 Å². The van der Waals surface area contributed by atoms with E-state index in [9.17, 15) is 14.0 Å². The highest BCUT2D eigenvalue weighted by Gasteiger charge is 2.22. The monoisotopic (exact) mass is 376 g/mol. The Bertz CT molecular complexity index is 779. The number of carbonyl (C=O) groups excluding carboxylic acids is 2. The van der Waals surface area contributed by atoms with Gasteiger partial charge in [-0.15, -0.1) is 0 Å². The minimum atomic E-state index is -0.595. The van der Waals surface area contributed by atoms with E-state index in [0.717, 1.165) is 12.1 Å². The molecule has 0 aromatic heterocycles. The van der Waals surface area contributed by atoms with Crippen LogP contribution >= 0.6 is 15.9 Å². The van der Waals surface area contributed by atoms with E-state index in [1.165, 1.54) is 12.1 Å². The molecule has 1 fully saturated rings. The maximum atomic E-state index is 13.8. The summed E-state index contributed by atoms with van der Waals surface area (Å²) in [6.45, 7) is 0.678. The van der Waals surface area contributed by atoms with Crippen molar-refractivity contribution in [2.24, 2.45) is 0 Å². The highest BCUT2D eigenvalue weighted by Crippen LogP contribution is 2.25. The molecule has 6 heteroatoms. The van der Waals surface area contributed by atoms with E-state index in [-0.39, 0.29) is 11.5 Å². The lowest BCUT2D eigenvalue weighted by Crippen LogP contribution is -2.23. The average Bonchev–Trinajstić information content (AvgIpc) is 2.93. The third-order valence-electron chi connectivity index (χ3n) is 3.66. The zero-order valence-electron chi connectivity index (χ0n) is 12.2. The first kappa shape index (κ1) is 15.7. The lowest BCUT2D eigenvalue weighted by molar-refractivity contribution is -0.117. The fraction of sp³-hybridized carbons (Fsp3) is 0.176. The van der Waals surface area contributed by atoms with E-state index >= 15 is 0 Å². The summed E-state index contributed by atoms with van der Waals surface area (Å²) < 4.78 is 14.4. The molecule has 0 saturated carbocycles. The molecule has 1 heterocycles. The topological polar surface area (TPSA) is 49.4 Å². The van der Waals surface area contributed by atoms with Crippen LogP contribution in [-0.2, 0) is 4.79 Å². The molecule has 23 heavy (non-hydrogen) atoms. The van der Waals surface area contributed by atoms with E-state index < -0.39 is 11.7 Å². The second-order valence-corrected chi connectivity index (χ2v) is 6.19. The van der Waals surface area contributed by atoms with Crippen molar-refractivity contribution in [3.8, 4) is 0 Å². The van der Waals surface area contributed by atoms with Crippen molar-refractivity contribution in [1.29, 1.82) is 0 Å². The number of hydrogen-bond acceptors (Lipinski definition) is 2. The Hall–Kier alpha value is -2.21. The van der Waals surface area contributed by atoms with E-state index in [4.69, 9.17) is 0 Å². The van der Waals surface area contributed by atoms with Gasteiger partial charge in [0.25, 0.3) is 5.91 Å². The first-order chi connectivity index (χ1) is 11.0. The maximum absolute atomic E-state index is 13.8. The quantitative estimate of drug-likeness (QED) is 0.880. The third-order valence-corrected chi connectivity index (χ3v) is 4.16. The number of carbonyl (C=O) groups is 2. The largest absolute Gasteiger partial charge is 0.322 e. The van der Waals surface area contributed by atoms with Crippen molar-refractivity contribution >= 4 is 39.1 Å². The number of amides is 2. The SMILES string of the molecule is O=C(Nc1cccc(N2CCCC2=O)c1)c1ccc(Br)cc1F. The molecule has 1 N–H and O–H groups in total. The molecule has 0 radical (unpaired) electrons. The van der Waals surface area contributed by atoms with Gasteiger partial charge < -0.3 is 10.2 Å². The standard InChI is InChI=1S/C17H14BrFN2O2/c18-11-6-7-14(15(19)9-11)17(23)20-12-3-1-4-13(10-12)21-8-2-5-16(21)22/h1,3-4,6-7,9-10H,2,5,8H2,(H,20,23). The summed E-state index contributed by atoms with van der Waals surface area (Å²) in [6, 6.07) is 11.3. The van der Waals surface area contributed by atoms with Crippen LogP contribution < -0.4 is 10.2 Å². The molecule has 0 aliphatic carbocycles. The number of rotatable bonds is 3. The van der Waals surface area contributed by atoms with E-state index in [2.05, 4.69) is 21.2 Å². The van der Waals surface area contributed by atoms with Crippen molar-refractivity contribution in [2.45, 2.75) is 12.8 Å². The van der Waals surface area contributed by atoms with E-state index in [1.807, 2.05) is 6.07 Å². The first-order valence-corrected chi connectivity index (χ1v) is 8.01. The summed E-state index contributed by atoms with van der Waals surface area (Å²) in [4.78, 5) is 25.7. The van der Waals surface area contributed by atoms with Gasteiger partial charge in [0.1, 0.15) is 5.82 Å². The Morgan fingerprint density at radius 3 is 2.74 bits per heavy atom. The lowest BCUT2D eigenvalue weighted by Gasteiger charge is -2.16. The fourth-order valence-corrected chi connectivity index (χ4v) is 2.88. The van der Waals surface area contributed by atoms with Crippen molar-refractivity contribution in [3.63, 3.8) is 0 Å². The van der Waals surface area contributed by atoms with Gasteiger partial charge in [-0.2, -0.15) is 0 Å². The zero-order chi connectivity index (χ0) is 16.4. The summed E-state index contributed by atoms with van der Waals surface area (Å²) >= 11 is 3.16. The predicted octanol–water partition coefficient (Wildman–Crippen LogP) is 3.97. The molecule has 118 valence electrons. The summed E-state index contributed by atoms with van der Waals surface area (Å²) in [6.07, 6.45) is 1.38. The number of anilines is 2. The molecule has 2 amide bonds. The Kier molecular flexibility index (Phi) is 4.43. The van der Waals surface area contributed by atoms with Gasteiger partial charge in [-0.25, -0.2) is 4.39 Å². The van der Waals surface area contributed by atoms with Crippen molar-refractivity contribution in [2.75, 3.05) is 16.8 Å². The van der Waals surface area contributed by atoms with E-state index in [0.29, 0.717) is 23.1 Å². The Morgan fingerprint density at radius 2 is 2.04 bits per heavy atom.